The lowest BCUT2D eigenvalue weighted by Gasteiger charge is -2.38. The zero-order valence-electron chi connectivity index (χ0n) is 16.0. The number of ether oxygens (including phenoxy) is 1. The minimum absolute atomic E-state index is 0.286. The van der Waals surface area contributed by atoms with E-state index in [0.717, 1.165) is 57.2 Å². The van der Waals surface area contributed by atoms with Crippen LogP contribution in [0.25, 0.3) is 0 Å². The van der Waals surface area contributed by atoms with Crippen molar-refractivity contribution in [3.8, 4) is 5.75 Å². The second-order valence-corrected chi connectivity index (χ2v) is 7.68. The van der Waals surface area contributed by atoms with Gasteiger partial charge in [-0.15, -0.1) is 0 Å². The number of carbonyl (C=O) groups is 1. The number of hydrogen-bond donors (Lipinski definition) is 1. The molecule has 2 aliphatic rings. The normalized spacial score (nSPS) is 20.6. The summed E-state index contributed by atoms with van der Waals surface area (Å²) >= 11 is 0. The summed E-state index contributed by atoms with van der Waals surface area (Å²) in [6.45, 7) is 5.02. The van der Waals surface area contributed by atoms with Crippen LogP contribution >= 0.6 is 0 Å². The first-order chi connectivity index (χ1) is 12.8. The fourth-order valence-corrected chi connectivity index (χ4v) is 4.49. The third kappa shape index (κ3) is 5.13. The highest BCUT2D eigenvalue weighted by Crippen LogP contribution is 2.29. The number of methoxy groups -OCH3 is 1. The van der Waals surface area contributed by atoms with E-state index in [-0.39, 0.29) is 6.04 Å². The Hall–Kier alpha value is -1.75. The largest absolute Gasteiger partial charge is 0.495 e. The Morgan fingerprint density at radius 3 is 2.58 bits per heavy atom. The van der Waals surface area contributed by atoms with E-state index in [4.69, 9.17) is 4.74 Å². The van der Waals surface area contributed by atoms with Gasteiger partial charge in [0.25, 0.3) is 0 Å². The van der Waals surface area contributed by atoms with Gasteiger partial charge in [0.1, 0.15) is 5.75 Å². The Balaban J connectivity index is 1.50. The maximum atomic E-state index is 11.1. The number of anilines is 1. The van der Waals surface area contributed by atoms with Crippen LogP contribution in [0.3, 0.4) is 0 Å². The third-order valence-electron chi connectivity index (χ3n) is 5.92. The highest BCUT2D eigenvalue weighted by Gasteiger charge is 2.24. The smallest absolute Gasteiger partial charge is 0.207 e. The van der Waals surface area contributed by atoms with Crippen molar-refractivity contribution in [2.75, 3.05) is 44.7 Å². The summed E-state index contributed by atoms with van der Waals surface area (Å²) in [4.78, 5) is 16.0. The molecule has 3 rings (SSSR count). The van der Waals surface area contributed by atoms with Crippen LogP contribution in [0.4, 0.5) is 5.69 Å². The molecular weight excluding hydrogens is 326 g/mol. The highest BCUT2D eigenvalue weighted by atomic mass is 16.5. The van der Waals surface area contributed by atoms with Gasteiger partial charge < -0.3 is 15.0 Å². The van der Waals surface area contributed by atoms with Crippen LogP contribution < -0.4 is 15.0 Å². The zero-order chi connectivity index (χ0) is 18.2. The van der Waals surface area contributed by atoms with Gasteiger partial charge in [-0.1, -0.05) is 44.2 Å². The Labute approximate surface area is 157 Å². The molecule has 2 fully saturated rings. The SMILES string of the molecule is COc1ccccc1N1CCN(CC(CC2CCCCC2)NC=O)CC1. The first-order valence-corrected chi connectivity index (χ1v) is 10.1. The number of benzene rings is 1. The van der Waals surface area contributed by atoms with Crippen LogP contribution in [0.15, 0.2) is 24.3 Å². The first kappa shape index (κ1) is 19.0. The number of para-hydroxylation sites is 2. The predicted octanol–water partition coefficient (Wildman–Crippen LogP) is 2.90. The van der Waals surface area contributed by atoms with Crippen LogP contribution in [0.1, 0.15) is 38.5 Å². The van der Waals surface area contributed by atoms with E-state index in [1.54, 1.807) is 7.11 Å². The molecule has 1 heterocycles. The molecule has 1 aromatic rings. The number of piperazine rings is 1. The lowest BCUT2D eigenvalue weighted by atomic mass is 9.84. The second kappa shape index (κ2) is 9.81. The van der Waals surface area contributed by atoms with Gasteiger partial charge in [0.2, 0.25) is 6.41 Å². The van der Waals surface area contributed by atoms with E-state index < -0.39 is 0 Å². The Morgan fingerprint density at radius 1 is 1.15 bits per heavy atom. The summed E-state index contributed by atoms with van der Waals surface area (Å²) in [5, 5.41) is 3.08. The van der Waals surface area contributed by atoms with Crippen LogP contribution in [0.2, 0.25) is 0 Å². The van der Waals surface area contributed by atoms with Gasteiger partial charge >= 0.3 is 0 Å². The van der Waals surface area contributed by atoms with Gasteiger partial charge in [0, 0.05) is 38.8 Å². The van der Waals surface area contributed by atoms with Crippen molar-refractivity contribution in [1.82, 2.24) is 10.2 Å². The highest BCUT2D eigenvalue weighted by molar-refractivity contribution is 5.58. The van der Waals surface area contributed by atoms with Crippen molar-refractivity contribution in [2.24, 2.45) is 5.92 Å². The van der Waals surface area contributed by atoms with Gasteiger partial charge in [-0.3, -0.25) is 9.69 Å². The minimum Gasteiger partial charge on any atom is -0.495 e. The van der Waals surface area contributed by atoms with Crippen LogP contribution in [0.5, 0.6) is 5.75 Å². The summed E-state index contributed by atoms with van der Waals surface area (Å²) in [6, 6.07) is 8.52. The van der Waals surface area contributed by atoms with Gasteiger partial charge in [-0.2, -0.15) is 0 Å². The quantitative estimate of drug-likeness (QED) is 0.725. The number of rotatable bonds is 8. The second-order valence-electron chi connectivity index (χ2n) is 7.68. The monoisotopic (exact) mass is 359 g/mol. The maximum Gasteiger partial charge on any atom is 0.207 e. The first-order valence-electron chi connectivity index (χ1n) is 10.1. The molecule has 1 atom stereocenters. The van der Waals surface area contributed by atoms with E-state index in [1.807, 2.05) is 12.1 Å². The molecule has 1 amide bonds. The molecule has 0 radical (unpaired) electrons. The van der Waals surface area contributed by atoms with E-state index in [0.29, 0.717) is 0 Å². The van der Waals surface area contributed by atoms with Gasteiger partial charge in [0.05, 0.1) is 12.8 Å². The summed E-state index contributed by atoms with van der Waals surface area (Å²) in [6.07, 6.45) is 8.78. The van der Waals surface area contributed by atoms with Crippen molar-refractivity contribution in [3.05, 3.63) is 24.3 Å². The summed E-state index contributed by atoms with van der Waals surface area (Å²) in [5.41, 5.74) is 1.18. The molecule has 0 spiro atoms. The van der Waals surface area contributed by atoms with E-state index >= 15 is 0 Å². The molecule has 0 aromatic heterocycles. The van der Waals surface area contributed by atoms with E-state index in [9.17, 15) is 4.79 Å². The number of nitrogens with zero attached hydrogens (tertiary/aromatic N) is 2. The van der Waals surface area contributed by atoms with Crippen molar-refractivity contribution in [3.63, 3.8) is 0 Å². The molecule has 1 saturated carbocycles. The van der Waals surface area contributed by atoms with E-state index in [2.05, 4.69) is 27.2 Å². The maximum absolute atomic E-state index is 11.1. The molecule has 1 unspecified atom stereocenters. The molecule has 26 heavy (non-hydrogen) atoms. The summed E-state index contributed by atoms with van der Waals surface area (Å²) in [5.74, 6) is 1.73. The molecule has 5 heteroatoms. The van der Waals surface area contributed by atoms with Crippen LogP contribution in [-0.2, 0) is 4.79 Å². The number of nitrogens with one attached hydrogen (secondary N) is 1. The summed E-state index contributed by atoms with van der Waals surface area (Å²) < 4.78 is 5.50. The fourth-order valence-electron chi connectivity index (χ4n) is 4.49. The Morgan fingerprint density at radius 2 is 1.88 bits per heavy atom. The van der Waals surface area contributed by atoms with Crippen molar-refractivity contribution in [2.45, 2.75) is 44.6 Å². The standard InChI is InChI=1S/C21H33N3O2/c1-26-21-10-6-5-9-20(21)24-13-11-23(12-14-24)16-19(22-17-25)15-18-7-3-2-4-8-18/h5-6,9-10,17-19H,2-4,7-8,11-16H2,1H3,(H,22,25). The summed E-state index contributed by atoms with van der Waals surface area (Å²) in [7, 11) is 1.73. The average molecular weight is 360 g/mol. The molecule has 1 aliphatic carbocycles. The molecule has 144 valence electrons. The molecule has 1 N–H and O–H groups in total. The molecule has 1 aromatic carbocycles. The van der Waals surface area contributed by atoms with E-state index in [1.165, 1.54) is 37.8 Å². The lowest BCUT2D eigenvalue weighted by Crippen LogP contribution is -2.51. The topological polar surface area (TPSA) is 44.8 Å². The van der Waals surface area contributed by atoms with Gasteiger partial charge in [0.15, 0.2) is 0 Å². The predicted molar refractivity (Wildman–Crippen MR) is 106 cm³/mol. The molecule has 1 aliphatic heterocycles. The van der Waals surface area contributed by atoms with Crippen molar-refractivity contribution in [1.29, 1.82) is 0 Å². The third-order valence-corrected chi connectivity index (χ3v) is 5.92. The van der Waals surface area contributed by atoms with Crippen LogP contribution in [-0.4, -0.2) is 57.2 Å². The number of amides is 1. The van der Waals surface area contributed by atoms with Crippen molar-refractivity contribution < 1.29 is 9.53 Å². The minimum atomic E-state index is 0.286. The molecule has 5 nitrogen and oxygen atoms in total. The molecule has 1 saturated heterocycles. The fraction of sp³-hybridized carbons (Fsp3) is 0.667. The molecular formula is C21H33N3O2. The van der Waals surface area contributed by atoms with Crippen LogP contribution in [0, 0.1) is 5.92 Å². The number of hydrogen-bond acceptors (Lipinski definition) is 4. The van der Waals surface area contributed by atoms with Crippen molar-refractivity contribution >= 4 is 12.1 Å². The Bertz CT molecular complexity index is 552. The number of carbonyl (C=O) groups excluding carboxylic acids is 1. The van der Waals surface area contributed by atoms with Gasteiger partial charge in [-0.05, 0) is 24.5 Å². The lowest BCUT2D eigenvalue weighted by molar-refractivity contribution is -0.110. The molecule has 0 bridgehead atoms. The average Bonchev–Trinajstić information content (AvgIpc) is 2.69. The Kier molecular flexibility index (Phi) is 7.18. The van der Waals surface area contributed by atoms with Gasteiger partial charge in [-0.25, -0.2) is 0 Å². The zero-order valence-corrected chi connectivity index (χ0v) is 16.0.